The molecule has 5 fully saturated rings. The van der Waals surface area contributed by atoms with E-state index in [-0.39, 0.29) is 33.5 Å². The fourth-order valence-corrected chi connectivity index (χ4v) is 11.2. The van der Waals surface area contributed by atoms with Crippen LogP contribution < -0.4 is 0 Å². The first kappa shape index (κ1) is 23.6. The van der Waals surface area contributed by atoms with Crippen molar-refractivity contribution in [3.05, 3.63) is 12.2 Å². The van der Waals surface area contributed by atoms with Crippen LogP contribution in [0.2, 0.25) is 0 Å². The molecule has 0 aromatic carbocycles. The predicted octanol–water partition coefficient (Wildman–Crippen LogP) is 7.30. The highest BCUT2D eigenvalue weighted by atomic mass is 16.4. The van der Waals surface area contributed by atoms with Crippen LogP contribution in [-0.2, 0) is 9.59 Å². The average molecular weight is 455 g/mol. The fraction of sp³-hybridized carbons (Fsp3) is 0.867. The summed E-state index contributed by atoms with van der Waals surface area (Å²) in [7, 11) is 0. The minimum Gasteiger partial charge on any atom is -0.481 e. The molecule has 33 heavy (non-hydrogen) atoms. The molecule has 5 aliphatic carbocycles. The quantitative estimate of drug-likeness (QED) is 0.423. The number of fused-ring (bicyclic) bond motifs is 7. The lowest BCUT2D eigenvalue weighted by molar-refractivity contribution is -0.242. The van der Waals surface area contributed by atoms with Gasteiger partial charge in [0.1, 0.15) is 5.78 Å². The number of rotatable bonds is 1. The van der Waals surface area contributed by atoms with Gasteiger partial charge in [-0.2, -0.15) is 0 Å². The molecule has 0 radical (unpaired) electrons. The summed E-state index contributed by atoms with van der Waals surface area (Å²) in [4.78, 5) is 25.7. The number of ketones is 1. The maximum absolute atomic E-state index is 12.9. The third-order valence-corrected chi connectivity index (χ3v) is 13.3. The van der Waals surface area contributed by atoms with Crippen LogP contribution in [0.25, 0.3) is 0 Å². The predicted molar refractivity (Wildman–Crippen MR) is 132 cm³/mol. The van der Waals surface area contributed by atoms with E-state index in [1.807, 2.05) is 0 Å². The Labute approximate surface area is 201 Å². The van der Waals surface area contributed by atoms with E-state index in [9.17, 15) is 14.7 Å². The summed E-state index contributed by atoms with van der Waals surface area (Å²) < 4.78 is 0. The zero-order valence-electron chi connectivity index (χ0n) is 21.9. The molecule has 9 atom stereocenters. The molecule has 0 unspecified atom stereocenters. The smallest absolute Gasteiger partial charge is 0.309 e. The van der Waals surface area contributed by atoms with E-state index in [1.165, 1.54) is 18.4 Å². The molecular weight excluding hydrogens is 408 g/mol. The number of hydrogen-bond acceptors (Lipinski definition) is 2. The van der Waals surface area contributed by atoms with Crippen molar-refractivity contribution >= 4 is 11.8 Å². The molecule has 0 saturated heterocycles. The number of carboxylic acids is 1. The van der Waals surface area contributed by atoms with Gasteiger partial charge in [-0.05, 0) is 104 Å². The van der Waals surface area contributed by atoms with Crippen molar-refractivity contribution in [3.8, 4) is 0 Å². The van der Waals surface area contributed by atoms with E-state index in [2.05, 4.69) is 48.1 Å². The Morgan fingerprint density at radius 1 is 0.879 bits per heavy atom. The molecule has 3 heteroatoms. The van der Waals surface area contributed by atoms with Crippen LogP contribution in [0.5, 0.6) is 0 Å². The summed E-state index contributed by atoms with van der Waals surface area (Å²) in [6.45, 7) is 18.7. The second kappa shape index (κ2) is 6.97. The average Bonchev–Trinajstić information content (AvgIpc) is 2.74. The molecule has 0 aliphatic heterocycles. The van der Waals surface area contributed by atoms with Crippen LogP contribution in [0.3, 0.4) is 0 Å². The Balaban J connectivity index is 1.57. The van der Waals surface area contributed by atoms with Crippen LogP contribution in [0.1, 0.15) is 106 Å². The number of hydrogen-bond donors (Lipinski definition) is 1. The first-order valence-corrected chi connectivity index (χ1v) is 13.7. The maximum Gasteiger partial charge on any atom is 0.309 e. The van der Waals surface area contributed by atoms with E-state index >= 15 is 0 Å². The number of carbonyl (C=O) groups excluding carboxylic acids is 1. The van der Waals surface area contributed by atoms with Crippen molar-refractivity contribution in [1.29, 1.82) is 0 Å². The minimum absolute atomic E-state index is 0.158. The Bertz CT molecular complexity index is 902. The minimum atomic E-state index is -0.561. The van der Waals surface area contributed by atoms with E-state index < -0.39 is 11.4 Å². The van der Waals surface area contributed by atoms with Gasteiger partial charge in [-0.3, -0.25) is 9.59 Å². The Hall–Kier alpha value is -1.12. The van der Waals surface area contributed by atoms with Gasteiger partial charge in [0, 0.05) is 11.8 Å². The molecule has 184 valence electrons. The molecular formula is C30H46O3. The number of aliphatic carboxylic acids is 1. The molecule has 0 amide bonds. The SMILES string of the molecule is C=C1CC[C@]2(C(=O)O)CC[C@]3(C)[C@H](CC[C@@H]4[C@@]5(C)CCC(=O)C(C)(C)[C@H]5CC[C@]43C)[C@@H]2[C@H]1C. The Morgan fingerprint density at radius 2 is 1.58 bits per heavy atom. The van der Waals surface area contributed by atoms with Gasteiger partial charge in [-0.15, -0.1) is 0 Å². The van der Waals surface area contributed by atoms with Crippen LogP contribution in [0, 0.1) is 56.7 Å². The molecule has 1 N–H and O–H groups in total. The highest BCUT2D eigenvalue weighted by Crippen LogP contribution is 2.76. The second-order valence-corrected chi connectivity index (χ2v) is 14.2. The van der Waals surface area contributed by atoms with E-state index in [0.29, 0.717) is 23.5 Å². The molecule has 5 aliphatic rings. The number of allylic oxidation sites excluding steroid dienone is 1. The highest BCUT2D eigenvalue weighted by molar-refractivity contribution is 5.85. The normalized spacial score (nSPS) is 53.3. The molecule has 0 aromatic rings. The summed E-state index contributed by atoms with van der Waals surface area (Å²) >= 11 is 0. The monoisotopic (exact) mass is 454 g/mol. The topological polar surface area (TPSA) is 54.4 Å². The Kier molecular flexibility index (Phi) is 4.99. The van der Waals surface area contributed by atoms with Crippen molar-refractivity contribution in [2.45, 2.75) is 106 Å². The lowest BCUT2D eigenvalue weighted by Crippen LogP contribution is -2.67. The molecule has 0 aromatic heterocycles. The van der Waals surface area contributed by atoms with E-state index in [0.717, 1.165) is 51.4 Å². The van der Waals surface area contributed by atoms with E-state index in [1.54, 1.807) is 0 Å². The van der Waals surface area contributed by atoms with Crippen molar-refractivity contribution in [2.24, 2.45) is 56.7 Å². The summed E-state index contributed by atoms with van der Waals surface area (Å²) in [5.74, 6) is 1.96. The van der Waals surface area contributed by atoms with Crippen molar-refractivity contribution in [3.63, 3.8) is 0 Å². The third-order valence-electron chi connectivity index (χ3n) is 13.3. The summed E-state index contributed by atoms with van der Waals surface area (Å²) in [5, 5.41) is 10.5. The van der Waals surface area contributed by atoms with E-state index in [4.69, 9.17) is 0 Å². The third kappa shape index (κ3) is 2.69. The van der Waals surface area contributed by atoms with Gasteiger partial charge in [0.25, 0.3) is 0 Å². The van der Waals surface area contributed by atoms with Crippen molar-refractivity contribution in [2.75, 3.05) is 0 Å². The van der Waals surface area contributed by atoms with Gasteiger partial charge in [0.2, 0.25) is 0 Å². The number of Topliss-reactive ketones (excluding diaryl/α,β-unsaturated/α-hetero) is 1. The van der Waals surface area contributed by atoms with Gasteiger partial charge in [0.15, 0.2) is 0 Å². The molecule has 3 nitrogen and oxygen atoms in total. The van der Waals surface area contributed by atoms with Gasteiger partial charge < -0.3 is 5.11 Å². The summed E-state index contributed by atoms with van der Waals surface area (Å²) in [6.07, 6.45) is 9.94. The lowest BCUT2D eigenvalue weighted by Gasteiger charge is -2.73. The first-order valence-electron chi connectivity index (χ1n) is 13.7. The van der Waals surface area contributed by atoms with Crippen molar-refractivity contribution in [1.82, 2.24) is 0 Å². The zero-order chi connectivity index (χ0) is 24.2. The highest BCUT2D eigenvalue weighted by Gasteiger charge is 2.71. The van der Waals surface area contributed by atoms with Crippen LogP contribution >= 0.6 is 0 Å². The number of carbonyl (C=O) groups is 2. The number of carboxylic acid groups (broad SMARTS) is 1. The van der Waals surface area contributed by atoms with Crippen LogP contribution in [-0.4, -0.2) is 16.9 Å². The molecule has 0 spiro atoms. The molecule has 0 heterocycles. The zero-order valence-corrected chi connectivity index (χ0v) is 21.9. The van der Waals surface area contributed by atoms with Crippen LogP contribution in [0.15, 0.2) is 12.2 Å². The van der Waals surface area contributed by atoms with Gasteiger partial charge >= 0.3 is 5.97 Å². The van der Waals surface area contributed by atoms with Gasteiger partial charge in [-0.25, -0.2) is 0 Å². The summed E-state index contributed by atoms with van der Waals surface area (Å²) in [5.41, 5.74) is 1.07. The van der Waals surface area contributed by atoms with Crippen molar-refractivity contribution < 1.29 is 14.7 Å². The van der Waals surface area contributed by atoms with Gasteiger partial charge in [-0.1, -0.05) is 53.7 Å². The molecule has 0 bridgehead atoms. The second-order valence-electron chi connectivity index (χ2n) is 14.2. The molecule has 5 rings (SSSR count). The lowest BCUT2D eigenvalue weighted by atomic mass is 9.31. The standard InChI is InChI=1S/C30H46O3/c1-18-10-15-30(25(32)33)17-16-28(6)20(24(30)19(18)2)8-9-22-27(5)13-12-23(31)26(3,4)21(27)11-14-29(22,28)7/h19-22,24H,1,8-17H2,2-7H3,(H,32,33)/t19-,20+,21+,22+,24-,27-,28+,29+,30-/m0/s1. The molecule has 5 saturated carbocycles. The Morgan fingerprint density at radius 3 is 2.24 bits per heavy atom. The van der Waals surface area contributed by atoms with Gasteiger partial charge in [0.05, 0.1) is 5.41 Å². The fourth-order valence-electron chi connectivity index (χ4n) is 11.2. The largest absolute Gasteiger partial charge is 0.481 e. The summed E-state index contributed by atoms with van der Waals surface area (Å²) in [6, 6.07) is 0. The van der Waals surface area contributed by atoms with Crippen LogP contribution in [0.4, 0.5) is 0 Å². The first-order chi connectivity index (χ1) is 15.3. The maximum atomic E-state index is 12.9.